The summed E-state index contributed by atoms with van der Waals surface area (Å²) in [6, 6.07) is 0. The van der Waals surface area contributed by atoms with E-state index in [2.05, 4.69) is 16.8 Å². The highest BCUT2D eigenvalue weighted by molar-refractivity contribution is 5.27. The van der Waals surface area contributed by atoms with Crippen molar-refractivity contribution in [2.24, 2.45) is 12.0 Å². The Morgan fingerprint density at radius 3 is 2.82 bits per heavy atom. The summed E-state index contributed by atoms with van der Waals surface area (Å²) in [5, 5.41) is 13.2. The number of aliphatic imine (C=N–C) groups is 1. The highest BCUT2D eigenvalue weighted by atomic mass is 16.3. The van der Waals surface area contributed by atoms with Gasteiger partial charge in [-0.1, -0.05) is 0 Å². The summed E-state index contributed by atoms with van der Waals surface area (Å²) in [4.78, 5) is 3.49. The molecule has 4 nitrogen and oxygen atoms in total. The Morgan fingerprint density at radius 1 is 1.82 bits per heavy atom. The van der Waals surface area contributed by atoms with Crippen molar-refractivity contribution in [2.45, 2.75) is 13.2 Å². The number of aryl methyl sites for hydroxylation is 1. The van der Waals surface area contributed by atoms with E-state index in [0.29, 0.717) is 5.56 Å². The number of hydrogen-bond donors (Lipinski definition) is 1. The average Bonchev–Trinajstić information content (AvgIpc) is 2.32. The van der Waals surface area contributed by atoms with Crippen LogP contribution in [-0.2, 0) is 7.05 Å². The van der Waals surface area contributed by atoms with Crippen LogP contribution in [0.4, 0.5) is 0 Å². The molecule has 0 radical (unpaired) electrons. The second kappa shape index (κ2) is 2.84. The van der Waals surface area contributed by atoms with Gasteiger partial charge in [0.2, 0.25) is 0 Å². The average molecular weight is 153 g/mol. The van der Waals surface area contributed by atoms with Crippen LogP contribution in [0.25, 0.3) is 0 Å². The van der Waals surface area contributed by atoms with Crippen LogP contribution in [0.3, 0.4) is 0 Å². The van der Waals surface area contributed by atoms with E-state index < -0.39 is 6.23 Å². The first-order chi connectivity index (χ1) is 5.16. The third kappa shape index (κ3) is 1.30. The molecule has 0 saturated heterocycles. The SMILES string of the molecule is C=NC(O)c1cnn(C)c1C. The Kier molecular flexibility index (Phi) is 2.05. The number of aromatic nitrogens is 2. The molecule has 1 aromatic rings. The van der Waals surface area contributed by atoms with Crippen molar-refractivity contribution in [1.29, 1.82) is 0 Å². The van der Waals surface area contributed by atoms with Crippen LogP contribution in [0.15, 0.2) is 11.2 Å². The summed E-state index contributed by atoms with van der Waals surface area (Å²) in [6.45, 7) is 5.12. The van der Waals surface area contributed by atoms with Crippen LogP contribution in [0.1, 0.15) is 17.5 Å². The van der Waals surface area contributed by atoms with Gasteiger partial charge in [-0.05, 0) is 13.6 Å². The Balaban J connectivity index is 3.03. The minimum atomic E-state index is -0.844. The molecule has 1 rings (SSSR count). The third-order valence-electron chi connectivity index (χ3n) is 1.72. The fourth-order valence-corrected chi connectivity index (χ4v) is 0.868. The molecule has 0 aromatic carbocycles. The molecule has 0 saturated carbocycles. The minimum absolute atomic E-state index is 0.711. The van der Waals surface area contributed by atoms with E-state index in [9.17, 15) is 5.11 Å². The highest BCUT2D eigenvalue weighted by Gasteiger charge is 2.10. The fourth-order valence-electron chi connectivity index (χ4n) is 0.868. The molecule has 0 fully saturated rings. The summed E-state index contributed by atoms with van der Waals surface area (Å²) in [5.74, 6) is 0. The Bertz CT molecular complexity index is 267. The lowest BCUT2D eigenvalue weighted by atomic mass is 10.2. The van der Waals surface area contributed by atoms with Gasteiger partial charge < -0.3 is 5.11 Å². The van der Waals surface area contributed by atoms with Crippen molar-refractivity contribution >= 4 is 6.72 Å². The molecule has 1 heterocycles. The maximum absolute atomic E-state index is 9.24. The number of hydrogen-bond acceptors (Lipinski definition) is 3. The predicted molar refractivity (Wildman–Crippen MR) is 42.5 cm³/mol. The maximum Gasteiger partial charge on any atom is 0.173 e. The molecule has 1 N–H and O–H groups in total. The summed E-state index contributed by atoms with van der Waals surface area (Å²) in [6.07, 6.45) is 0.748. The second-order valence-electron chi connectivity index (χ2n) is 2.37. The molecule has 0 aliphatic heterocycles. The second-order valence-corrected chi connectivity index (χ2v) is 2.37. The van der Waals surface area contributed by atoms with E-state index >= 15 is 0 Å². The molecule has 0 aliphatic carbocycles. The monoisotopic (exact) mass is 153 g/mol. The van der Waals surface area contributed by atoms with Crippen LogP contribution in [0, 0.1) is 6.92 Å². The van der Waals surface area contributed by atoms with Crippen LogP contribution >= 0.6 is 0 Å². The lowest BCUT2D eigenvalue weighted by Crippen LogP contribution is -1.97. The lowest BCUT2D eigenvalue weighted by Gasteiger charge is -2.02. The molecule has 0 bridgehead atoms. The first kappa shape index (κ1) is 7.94. The predicted octanol–water partition coefficient (Wildman–Crippen LogP) is 0.420. The molecule has 1 atom stereocenters. The molecule has 60 valence electrons. The number of rotatable bonds is 2. The minimum Gasteiger partial charge on any atom is -0.368 e. The van der Waals surface area contributed by atoms with Gasteiger partial charge in [0.1, 0.15) is 0 Å². The Labute approximate surface area is 65.2 Å². The van der Waals surface area contributed by atoms with E-state index in [4.69, 9.17) is 0 Å². The molecule has 0 amide bonds. The van der Waals surface area contributed by atoms with Crippen LogP contribution in [-0.4, -0.2) is 21.6 Å². The first-order valence-electron chi connectivity index (χ1n) is 3.29. The molecule has 11 heavy (non-hydrogen) atoms. The van der Waals surface area contributed by atoms with Crippen molar-refractivity contribution in [2.75, 3.05) is 0 Å². The first-order valence-corrected chi connectivity index (χ1v) is 3.29. The van der Waals surface area contributed by atoms with E-state index in [0.717, 1.165) is 5.69 Å². The topological polar surface area (TPSA) is 50.4 Å². The van der Waals surface area contributed by atoms with Crippen molar-refractivity contribution in [3.05, 3.63) is 17.5 Å². The van der Waals surface area contributed by atoms with E-state index in [1.165, 1.54) is 0 Å². The van der Waals surface area contributed by atoms with Gasteiger partial charge in [0, 0.05) is 18.3 Å². The van der Waals surface area contributed by atoms with Gasteiger partial charge in [-0.3, -0.25) is 9.67 Å². The smallest absolute Gasteiger partial charge is 0.173 e. The van der Waals surface area contributed by atoms with E-state index in [1.54, 1.807) is 10.9 Å². The van der Waals surface area contributed by atoms with Gasteiger partial charge in [0.25, 0.3) is 0 Å². The zero-order valence-electron chi connectivity index (χ0n) is 6.65. The number of aliphatic hydroxyl groups is 1. The van der Waals surface area contributed by atoms with Crippen molar-refractivity contribution in [1.82, 2.24) is 9.78 Å². The Morgan fingerprint density at radius 2 is 2.45 bits per heavy atom. The molecule has 4 heteroatoms. The molecular formula is C7H11N3O. The van der Waals surface area contributed by atoms with Crippen molar-refractivity contribution < 1.29 is 5.11 Å². The zero-order chi connectivity index (χ0) is 8.43. The van der Waals surface area contributed by atoms with Gasteiger partial charge in [0.15, 0.2) is 6.23 Å². The molecule has 0 spiro atoms. The molecular weight excluding hydrogens is 142 g/mol. The molecule has 1 aromatic heterocycles. The summed E-state index contributed by atoms with van der Waals surface area (Å²) >= 11 is 0. The molecule has 0 aliphatic rings. The maximum atomic E-state index is 9.24. The van der Waals surface area contributed by atoms with Crippen molar-refractivity contribution in [3.8, 4) is 0 Å². The van der Waals surface area contributed by atoms with Crippen LogP contribution in [0.5, 0.6) is 0 Å². The van der Waals surface area contributed by atoms with Crippen molar-refractivity contribution in [3.63, 3.8) is 0 Å². The van der Waals surface area contributed by atoms with E-state index in [-0.39, 0.29) is 0 Å². The van der Waals surface area contributed by atoms with Crippen LogP contribution in [0.2, 0.25) is 0 Å². The third-order valence-corrected chi connectivity index (χ3v) is 1.72. The molecule has 1 unspecified atom stereocenters. The zero-order valence-corrected chi connectivity index (χ0v) is 6.65. The van der Waals surface area contributed by atoms with Gasteiger partial charge in [-0.25, -0.2) is 0 Å². The van der Waals surface area contributed by atoms with Gasteiger partial charge >= 0.3 is 0 Å². The highest BCUT2D eigenvalue weighted by Crippen LogP contribution is 2.16. The van der Waals surface area contributed by atoms with Gasteiger partial charge in [0.05, 0.1) is 6.20 Å². The summed E-state index contributed by atoms with van der Waals surface area (Å²) in [7, 11) is 1.81. The number of nitrogens with zero attached hydrogens (tertiary/aromatic N) is 3. The largest absolute Gasteiger partial charge is 0.368 e. The standard InChI is InChI=1S/C7H11N3O/c1-5-6(7(11)8-2)4-9-10(5)3/h4,7,11H,2H2,1,3H3. The lowest BCUT2D eigenvalue weighted by molar-refractivity contribution is 0.189. The summed E-state index contributed by atoms with van der Waals surface area (Å²) < 4.78 is 1.68. The summed E-state index contributed by atoms with van der Waals surface area (Å²) in [5.41, 5.74) is 1.62. The van der Waals surface area contributed by atoms with E-state index in [1.807, 2.05) is 14.0 Å². The van der Waals surface area contributed by atoms with Gasteiger partial charge in [-0.2, -0.15) is 5.10 Å². The Hall–Kier alpha value is -1.16. The quantitative estimate of drug-likeness (QED) is 0.626. The normalized spacial score (nSPS) is 13.0. The van der Waals surface area contributed by atoms with Crippen LogP contribution < -0.4 is 0 Å². The number of aliphatic hydroxyl groups excluding tert-OH is 1. The van der Waals surface area contributed by atoms with Gasteiger partial charge in [-0.15, -0.1) is 0 Å². The fraction of sp³-hybridized carbons (Fsp3) is 0.429.